The third kappa shape index (κ3) is 4.18. The minimum atomic E-state index is -0.987. The van der Waals surface area contributed by atoms with Crippen molar-refractivity contribution in [3.05, 3.63) is 157 Å². The van der Waals surface area contributed by atoms with Crippen LogP contribution < -0.4 is 0 Å². The van der Waals surface area contributed by atoms with Gasteiger partial charge in [-0.1, -0.05) is 120 Å². The van der Waals surface area contributed by atoms with Gasteiger partial charge in [-0.3, -0.25) is 0 Å². The molecule has 0 unspecified atom stereocenters. The lowest BCUT2D eigenvalue weighted by molar-refractivity contribution is 0.669. The van der Waals surface area contributed by atoms with Gasteiger partial charge in [-0.25, -0.2) is 15.0 Å². The minimum absolute atomic E-state index is 0.103. The Morgan fingerprint density at radius 2 is 1.10 bits per heavy atom. The van der Waals surface area contributed by atoms with E-state index in [1.165, 1.54) is 11.3 Å². The van der Waals surface area contributed by atoms with Gasteiger partial charge in [0.1, 0.15) is 11.2 Å². The molecule has 0 atom stereocenters. The van der Waals surface area contributed by atoms with Crippen molar-refractivity contribution in [2.75, 3.05) is 0 Å². The van der Waals surface area contributed by atoms with Gasteiger partial charge in [0.25, 0.3) is 0 Å². The van der Waals surface area contributed by atoms with Crippen LogP contribution in [0.5, 0.6) is 0 Å². The first kappa shape index (κ1) is 13.1. The molecule has 0 aliphatic rings. The first-order valence-electron chi connectivity index (χ1n) is 27.7. The van der Waals surface area contributed by atoms with Gasteiger partial charge >= 0.3 is 0 Å². The summed E-state index contributed by atoms with van der Waals surface area (Å²) in [6, 6.07) is -18.9. The SMILES string of the molecule is [2H]c1c([2H])c([2H])c(-c2nc(-c3c([2H])c([2H])c([2H])c(C)c3[2H])nc(-c3c([2H])c([2H])c([2H])c(-c4c([2H])c([2H])c([2H])c5oc6c([2H])c7c8c([2H])c([2H])c([2H])c9c%10c([2H])c([2H])c([2H])c([2H])c%10n(c7c([2H])c6c45)c98)c3[2H])n2)c([2H])c1[2H]. The molecule has 0 aliphatic heterocycles. The summed E-state index contributed by atoms with van der Waals surface area (Å²) in [5, 5.41) is -1.75. The Hall–Kier alpha value is -6.85. The molecule has 0 N–H and O–H groups in total. The van der Waals surface area contributed by atoms with Crippen LogP contribution in [0.4, 0.5) is 0 Å². The Bertz CT molecular complexity index is 4460. The number of rotatable bonds is 4. The van der Waals surface area contributed by atoms with Gasteiger partial charge in [0.15, 0.2) is 17.5 Å². The molecule has 0 saturated heterocycles. The monoisotopic (exact) mass is 677 g/mol. The highest BCUT2D eigenvalue weighted by Gasteiger charge is 2.21. The van der Waals surface area contributed by atoms with Crippen LogP contribution in [0.3, 0.4) is 0 Å². The Morgan fingerprint density at radius 3 is 1.94 bits per heavy atom. The van der Waals surface area contributed by atoms with Crippen LogP contribution >= 0.6 is 0 Å². The molecule has 0 bridgehead atoms. The number of hydrogen-bond acceptors (Lipinski definition) is 4. The van der Waals surface area contributed by atoms with Crippen LogP contribution in [0.25, 0.3) is 105 Å². The fraction of sp³-hybridized carbons (Fsp3) is 0.0217. The highest BCUT2D eigenvalue weighted by Crippen LogP contribution is 2.44. The molecular formula is C46H28N4O. The zero-order valence-electron chi connectivity index (χ0n) is 50.7. The van der Waals surface area contributed by atoms with E-state index in [1.54, 1.807) is 0 Å². The van der Waals surface area contributed by atoms with E-state index in [-0.39, 0.29) is 43.7 Å². The summed E-state index contributed by atoms with van der Waals surface area (Å²) < 4.78 is 230. The summed E-state index contributed by atoms with van der Waals surface area (Å²) >= 11 is 0. The Balaban J connectivity index is 1.32. The predicted molar refractivity (Wildman–Crippen MR) is 208 cm³/mol. The van der Waals surface area contributed by atoms with Gasteiger partial charge in [0.2, 0.25) is 0 Å². The van der Waals surface area contributed by atoms with Crippen molar-refractivity contribution in [3.63, 3.8) is 0 Å². The van der Waals surface area contributed by atoms with Crippen LogP contribution in [-0.2, 0) is 0 Å². The quantitative estimate of drug-likeness (QED) is 0.186. The molecule has 51 heavy (non-hydrogen) atoms. The van der Waals surface area contributed by atoms with Crippen LogP contribution in [0.1, 0.15) is 39.8 Å². The lowest BCUT2D eigenvalue weighted by Crippen LogP contribution is -2.00. The van der Waals surface area contributed by atoms with E-state index in [4.69, 9.17) is 30.5 Å². The standard InChI is InChI=1S/C46H28N4O/c1-27-11-7-15-30(23-27)45-47-44(28-12-3-2-4-13-28)48-46(49-45)31-16-8-14-29(24-31)32-18-10-22-40-42(32)37-25-39-36(26-41(37)51-40)35-20-9-19-34-33-17-5-6-21-38(33)50(39)43(34)35/h2-26H,1H3/i2D,3D,4D,5D,6D,7D,8D,9D,10D,11D,12D,13D,14D,15D,16D,17D,18D,19D,20D,21D,22D,23D,24D,25D,26D. The number of benzene rings is 7. The normalized spacial score (nSPS) is 18.9. The van der Waals surface area contributed by atoms with E-state index in [9.17, 15) is 8.22 Å². The Kier molecular flexibility index (Phi) is 2.72. The zero-order valence-corrected chi connectivity index (χ0v) is 25.7. The van der Waals surface area contributed by atoms with Crippen LogP contribution in [0.15, 0.2) is 155 Å². The second-order valence-corrected chi connectivity index (χ2v) is 11.3. The molecule has 5 nitrogen and oxygen atoms in total. The van der Waals surface area contributed by atoms with E-state index in [0.717, 1.165) is 0 Å². The number of nitrogens with zero attached hydrogens (tertiary/aromatic N) is 4. The topological polar surface area (TPSA) is 56.2 Å². The highest BCUT2D eigenvalue weighted by molar-refractivity contribution is 6.26. The van der Waals surface area contributed by atoms with Crippen LogP contribution in [0, 0.1) is 6.92 Å². The fourth-order valence-electron chi connectivity index (χ4n) is 6.25. The van der Waals surface area contributed by atoms with E-state index in [1.807, 2.05) is 0 Å². The molecule has 5 heteroatoms. The highest BCUT2D eigenvalue weighted by atomic mass is 16.3. The molecule has 0 aliphatic carbocycles. The average Bonchev–Trinajstić information content (AvgIpc) is 4.28. The number of furan rings is 1. The molecule has 4 heterocycles. The molecule has 11 rings (SSSR count). The minimum Gasteiger partial charge on any atom is -0.456 e. The summed E-state index contributed by atoms with van der Waals surface area (Å²) in [4.78, 5) is 13.0. The molecule has 0 spiro atoms. The van der Waals surface area contributed by atoms with Gasteiger partial charge in [0.05, 0.1) is 50.8 Å². The third-order valence-electron chi connectivity index (χ3n) is 8.36. The largest absolute Gasteiger partial charge is 0.456 e. The van der Waals surface area contributed by atoms with Gasteiger partial charge in [-0.2, -0.15) is 0 Å². The van der Waals surface area contributed by atoms with Crippen molar-refractivity contribution >= 4 is 60.0 Å². The van der Waals surface area contributed by atoms with Crippen molar-refractivity contribution in [2.45, 2.75) is 6.92 Å². The second kappa shape index (κ2) is 10.6. The van der Waals surface area contributed by atoms with Crippen LogP contribution in [0.2, 0.25) is 0 Å². The van der Waals surface area contributed by atoms with E-state index in [0.29, 0.717) is 0 Å². The number of para-hydroxylation sites is 2. The molecule has 0 amide bonds. The third-order valence-corrected chi connectivity index (χ3v) is 8.36. The Labute approximate surface area is 327 Å². The van der Waals surface area contributed by atoms with E-state index in [2.05, 4.69) is 15.0 Å². The average molecular weight is 678 g/mol. The van der Waals surface area contributed by atoms with Crippen molar-refractivity contribution in [3.8, 4) is 45.3 Å². The van der Waals surface area contributed by atoms with Gasteiger partial charge in [0, 0.05) is 49.0 Å². The Morgan fingerprint density at radius 1 is 0.471 bits per heavy atom. The molecule has 7 aromatic carbocycles. The van der Waals surface area contributed by atoms with E-state index < -0.39 is 218 Å². The maximum absolute atomic E-state index is 9.95. The van der Waals surface area contributed by atoms with Crippen molar-refractivity contribution in [1.29, 1.82) is 0 Å². The second-order valence-electron chi connectivity index (χ2n) is 11.3. The van der Waals surface area contributed by atoms with Crippen molar-refractivity contribution in [2.24, 2.45) is 0 Å². The number of aromatic nitrogens is 4. The fourth-order valence-corrected chi connectivity index (χ4v) is 6.25. The lowest BCUT2D eigenvalue weighted by atomic mass is 9.97. The molecule has 0 saturated carbocycles. The van der Waals surface area contributed by atoms with Crippen molar-refractivity contribution in [1.82, 2.24) is 19.4 Å². The smallest absolute Gasteiger partial charge is 0.164 e. The lowest BCUT2D eigenvalue weighted by Gasteiger charge is -2.10. The summed E-state index contributed by atoms with van der Waals surface area (Å²) in [6.07, 6.45) is 0. The van der Waals surface area contributed by atoms with Gasteiger partial charge in [-0.05, 0) is 54.3 Å². The summed E-state index contributed by atoms with van der Waals surface area (Å²) in [7, 11) is 0. The molecule has 4 aromatic heterocycles. The summed E-state index contributed by atoms with van der Waals surface area (Å²) in [5.41, 5.74) is -5.28. The summed E-state index contributed by atoms with van der Waals surface area (Å²) in [6.45, 7) is 1.30. The molecule has 238 valence electrons. The van der Waals surface area contributed by atoms with Gasteiger partial charge in [-0.15, -0.1) is 0 Å². The first-order chi connectivity index (χ1) is 35.6. The predicted octanol–water partition coefficient (Wildman–Crippen LogP) is 11.9. The zero-order chi connectivity index (χ0) is 55.4. The van der Waals surface area contributed by atoms with Crippen LogP contribution in [-0.4, -0.2) is 19.4 Å². The maximum atomic E-state index is 9.95. The molecular weight excluding hydrogens is 625 g/mol. The molecule has 0 fully saturated rings. The van der Waals surface area contributed by atoms with Crippen molar-refractivity contribution < 1.29 is 38.7 Å². The molecule has 0 radical (unpaired) electrons. The number of fused-ring (bicyclic) bond motifs is 9. The van der Waals surface area contributed by atoms with E-state index >= 15 is 0 Å². The first-order valence-corrected chi connectivity index (χ1v) is 15.2. The van der Waals surface area contributed by atoms with Gasteiger partial charge < -0.3 is 8.82 Å². The molecule has 11 aromatic rings. The summed E-state index contributed by atoms with van der Waals surface area (Å²) in [5.74, 6) is -2.23. The number of hydrogen-bond donors (Lipinski definition) is 0. The maximum Gasteiger partial charge on any atom is 0.164 e.